The number of nitrogens with zero attached hydrogens (tertiary/aromatic N) is 4. The first-order valence-electron chi connectivity index (χ1n) is 7.34. The highest BCUT2D eigenvalue weighted by Gasteiger charge is 2.19. The van der Waals surface area contributed by atoms with Crippen molar-refractivity contribution < 1.29 is 4.79 Å². The van der Waals surface area contributed by atoms with Gasteiger partial charge in [0.05, 0.1) is 6.04 Å². The zero-order valence-corrected chi connectivity index (χ0v) is 14.4. The highest BCUT2D eigenvalue weighted by atomic mass is 35.5. The molecule has 0 radical (unpaired) electrons. The summed E-state index contributed by atoms with van der Waals surface area (Å²) in [4.78, 5) is 21.0. The van der Waals surface area contributed by atoms with Crippen LogP contribution < -0.4 is 10.6 Å². The molecule has 0 spiro atoms. The molecular formula is C14H19ClN6OS. The van der Waals surface area contributed by atoms with E-state index >= 15 is 0 Å². The smallest absolute Gasteiger partial charge is 0.226 e. The summed E-state index contributed by atoms with van der Waals surface area (Å²) >= 11 is 1.31. The zero-order chi connectivity index (χ0) is 15.4. The number of carbonyl (C=O) groups is 1. The van der Waals surface area contributed by atoms with Gasteiger partial charge in [0.15, 0.2) is 0 Å². The summed E-state index contributed by atoms with van der Waals surface area (Å²) in [5.41, 5.74) is 3.44. The van der Waals surface area contributed by atoms with E-state index in [1.807, 2.05) is 13.0 Å². The van der Waals surface area contributed by atoms with E-state index in [0.29, 0.717) is 18.0 Å². The van der Waals surface area contributed by atoms with Crippen molar-refractivity contribution >= 4 is 34.8 Å². The van der Waals surface area contributed by atoms with Gasteiger partial charge in [0.25, 0.3) is 0 Å². The normalized spacial score (nSPS) is 16.8. The van der Waals surface area contributed by atoms with Crippen molar-refractivity contribution in [3.8, 4) is 0 Å². The summed E-state index contributed by atoms with van der Waals surface area (Å²) in [6, 6.07) is 2.19. The van der Waals surface area contributed by atoms with E-state index in [-0.39, 0.29) is 24.4 Å². The lowest BCUT2D eigenvalue weighted by atomic mass is 10.1. The highest BCUT2D eigenvalue weighted by molar-refractivity contribution is 7.13. The maximum atomic E-state index is 11.9. The van der Waals surface area contributed by atoms with Gasteiger partial charge in [-0.1, -0.05) is 11.3 Å². The number of aromatic nitrogens is 4. The summed E-state index contributed by atoms with van der Waals surface area (Å²) in [6.45, 7) is 2.98. The van der Waals surface area contributed by atoms with Crippen LogP contribution in [-0.2, 0) is 11.2 Å². The minimum atomic E-state index is -0.0754. The van der Waals surface area contributed by atoms with E-state index in [1.165, 1.54) is 11.3 Å². The fourth-order valence-corrected chi connectivity index (χ4v) is 2.96. The summed E-state index contributed by atoms with van der Waals surface area (Å²) in [5.74, 6) is 0.769. The van der Waals surface area contributed by atoms with Crippen LogP contribution in [0.2, 0.25) is 0 Å². The Morgan fingerprint density at radius 3 is 3.04 bits per heavy atom. The number of halogens is 1. The molecule has 1 fully saturated rings. The molecular weight excluding hydrogens is 336 g/mol. The molecule has 2 aromatic rings. The summed E-state index contributed by atoms with van der Waals surface area (Å²) in [5, 5.41) is 14.1. The van der Waals surface area contributed by atoms with Crippen LogP contribution in [-0.4, -0.2) is 32.6 Å². The molecule has 1 amide bonds. The van der Waals surface area contributed by atoms with Crippen molar-refractivity contribution in [3.63, 3.8) is 0 Å². The molecule has 1 aliphatic rings. The third-order valence-electron chi connectivity index (χ3n) is 3.51. The topological polar surface area (TPSA) is 92.7 Å². The molecule has 2 aromatic heterocycles. The third-order valence-corrected chi connectivity index (χ3v) is 4.12. The molecule has 0 aromatic carbocycles. The van der Waals surface area contributed by atoms with Gasteiger partial charge in [-0.05, 0) is 38.8 Å². The first-order valence-corrected chi connectivity index (χ1v) is 8.22. The van der Waals surface area contributed by atoms with Crippen molar-refractivity contribution in [1.29, 1.82) is 0 Å². The van der Waals surface area contributed by atoms with Gasteiger partial charge in [0, 0.05) is 17.8 Å². The minimum absolute atomic E-state index is 0. The molecule has 2 N–H and O–H groups in total. The summed E-state index contributed by atoms with van der Waals surface area (Å²) in [7, 11) is 0. The number of nitrogens with one attached hydrogen (secondary N) is 2. The lowest BCUT2D eigenvalue weighted by Gasteiger charge is -2.11. The minimum Gasteiger partial charge on any atom is -0.307 e. The molecule has 3 rings (SSSR count). The van der Waals surface area contributed by atoms with E-state index in [4.69, 9.17) is 0 Å². The van der Waals surface area contributed by atoms with Crippen molar-refractivity contribution in [2.75, 3.05) is 11.9 Å². The molecule has 0 saturated carbocycles. The van der Waals surface area contributed by atoms with Crippen molar-refractivity contribution in [1.82, 2.24) is 25.5 Å². The van der Waals surface area contributed by atoms with E-state index in [9.17, 15) is 4.79 Å². The van der Waals surface area contributed by atoms with Crippen LogP contribution in [0.3, 0.4) is 0 Å². The number of hydrogen-bond donors (Lipinski definition) is 2. The van der Waals surface area contributed by atoms with Gasteiger partial charge in [-0.25, -0.2) is 9.97 Å². The SMILES string of the molecule is Cc1cc(CCC(=O)Nc2nncs2)nc(C2CCCN2)n1.Cl. The monoisotopic (exact) mass is 354 g/mol. The third kappa shape index (κ3) is 4.92. The number of rotatable bonds is 5. The van der Waals surface area contributed by atoms with Gasteiger partial charge in [0.1, 0.15) is 11.3 Å². The number of hydrogen-bond acceptors (Lipinski definition) is 7. The number of carbonyl (C=O) groups excluding carboxylic acids is 1. The van der Waals surface area contributed by atoms with Gasteiger partial charge >= 0.3 is 0 Å². The average molecular weight is 355 g/mol. The first kappa shape index (κ1) is 17.7. The van der Waals surface area contributed by atoms with Gasteiger partial charge in [-0.15, -0.1) is 22.6 Å². The predicted octanol–water partition coefficient (Wildman–Crippen LogP) is 2.05. The van der Waals surface area contributed by atoms with E-state index in [2.05, 4.69) is 30.8 Å². The highest BCUT2D eigenvalue weighted by Crippen LogP contribution is 2.20. The Bertz CT molecular complexity index is 645. The Hall–Kier alpha value is -1.64. The quantitative estimate of drug-likeness (QED) is 0.853. The predicted molar refractivity (Wildman–Crippen MR) is 90.9 cm³/mol. The molecule has 124 valence electrons. The van der Waals surface area contributed by atoms with Gasteiger partial charge in [-0.3, -0.25) is 4.79 Å². The van der Waals surface area contributed by atoms with Gasteiger partial charge in [-0.2, -0.15) is 0 Å². The number of anilines is 1. The van der Waals surface area contributed by atoms with E-state index in [1.54, 1.807) is 5.51 Å². The second kappa shape index (κ2) is 8.28. The fraction of sp³-hybridized carbons (Fsp3) is 0.500. The average Bonchev–Trinajstić information content (AvgIpc) is 3.18. The fourth-order valence-electron chi connectivity index (χ4n) is 2.50. The molecule has 1 aliphatic heterocycles. The Labute approximate surface area is 144 Å². The van der Waals surface area contributed by atoms with Gasteiger partial charge in [0.2, 0.25) is 11.0 Å². The maximum Gasteiger partial charge on any atom is 0.226 e. The van der Waals surface area contributed by atoms with Crippen molar-refractivity contribution in [3.05, 3.63) is 28.8 Å². The molecule has 1 saturated heterocycles. The van der Waals surface area contributed by atoms with Crippen LogP contribution in [0, 0.1) is 6.92 Å². The molecule has 1 atom stereocenters. The van der Waals surface area contributed by atoms with Crippen LogP contribution >= 0.6 is 23.7 Å². The molecule has 23 heavy (non-hydrogen) atoms. The Balaban J connectivity index is 0.00000192. The summed E-state index contributed by atoms with van der Waals surface area (Å²) in [6.07, 6.45) is 3.18. The van der Waals surface area contributed by atoms with Crippen LogP contribution in [0.25, 0.3) is 0 Å². The Morgan fingerprint density at radius 2 is 2.35 bits per heavy atom. The second-order valence-corrected chi connectivity index (χ2v) is 6.13. The number of aryl methyl sites for hydroxylation is 2. The molecule has 0 bridgehead atoms. The Morgan fingerprint density at radius 1 is 1.48 bits per heavy atom. The molecule has 1 unspecified atom stereocenters. The lowest BCUT2D eigenvalue weighted by Crippen LogP contribution is -2.18. The largest absolute Gasteiger partial charge is 0.307 e. The molecule has 3 heterocycles. The van der Waals surface area contributed by atoms with Crippen LogP contribution in [0.4, 0.5) is 5.13 Å². The molecule has 7 nitrogen and oxygen atoms in total. The van der Waals surface area contributed by atoms with E-state index in [0.717, 1.165) is 36.6 Å². The first-order chi connectivity index (χ1) is 10.7. The summed E-state index contributed by atoms with van der Waals surface area (Å²) < 4.78 is 0. The standard InChI is InChI=1S/C14H18N6OS.ClH/c1-9-7-10(18-13(17-9)11-3-2-6-15-11)4-5-12(21)19-14-20-16-8-22-14;/h7-8,11,15H,2-6H2,1H3,(H,19,20,21);1H. The lowest BCUT2D eigenvalue weighted by molar-refractivity contribution is -0.116. The maximum absolute atomic E-state index is 11.9. The molecule has 0 aliphatic carbocycles. The zero-order valence-electron chi connectivity index (χ0n) is 12.8. The van der Waals surface area contributed by atoms with Gasteiger partial charge < -0.3 is 10.6 Å². The van der Waals surface area contributed by atoms with E-state index < -0.39 is 0 Å². The Kier molecular flexibility index (Phi) is 6.37. The van der Waals surface area contributed by atoms with Crippen LogP contribution in [0.1, 0.15) is 42.5 Å². The van der Waals surface area contributed by atoms with Crippen LogP contribution in [0.15, 0.2) is 11.6 Å². The second-order valence-electron chi connectivity index (χ2n) is 5.30. The van der Waals surface area contributed by atoms with Crippen molar-refractivity contribution in [2.24, 2.45) is 0 Å². The number of amides is 1. The molecule has 9 heteroatoms. The van der Waals surface area contributed by atoms with Crippen molar-refractivity contribution in [2.45, 2.75) is 38.6 Å². The van der Waals surface area contributed by atoms with Crippen LogP contribution in [0.5, 0.6) is 0 Å².